The molecule has 18 heavy (non-hydrogen) atoms. The summed E-state index contributed by atoms with van der Waals surface area (Å²) >= 11 is 0. The zero-order valence-corrected chi connectivity index (χ0v) is 11.8. The number of hydrogen-bond acceptors (Lipinski definition) is 2. The van der Waals surface area contributed by atoms with E-state index >= 15 is 0 Å². The fraction of sp³-hybridized carbons (Fsp3) is 1.00. The molecule has 2 nitrogen and oxygen atoms in total. The summed E-state index contributed by atoms with van der Waals surface area (Å²) in [7, 11) is 0. The van der Waals surface area contributed by atoms with Crippen LogP contribution in [0.1, 0.15) is 64.2 Å². The first-order valence-electron chi connectivity index (χ1n) is 8.40. The molecule has 1 aliphatic heterocycles. The van der Waals surface area contributed by atoms with Gasteiger partial charge in [0.25, 0.3) is 0 Å². The summed E-state index contributed by atoms with van der Waals surface area (Å²) in [6.45, 7) is 2.46. The second-order valence-corrected chi connectivity index (χ2v) is 6.83. The Morgan fingerprint density at radius 2 is 0.889 bits per heavy atom. The van der Waals surface area contributed by atoms with Gasteiger partial charge in [-0.1, -0.05) is 38.5 Å². The van der Waals surface area contributed by atoms with Crippen molar-refractivity contribution in [2.45, 2.75) is 76.3 Å². The van der Waals surface area contributed by atoms with E-state index in [0.29, 0.717) is 0 Å². The third kappa shape index (κ3) is 3.08. The van der Waals surface area contributed by atoms with Gasteiger partial charge in [-0.05, 0) is 37.5 Å². The Hall–Kier alpha value is -0.0800. The molecule has 104 valence electrons. The summed E-state index contributed by atoms with van der Waals surface area (Å²) in [6.07, 6.45) is 14.7. The Kier molecular flexibility index (Phi) is 4.58. The van der Waals surface area contributed by atoms with Gasteiger partial charge in [-0.25, -0.2) is 0 Å². The predicted octanol–water partition coefficient (Wildman–Crippen LogP) is 3.08. The smallest absolute Gasteiger partial charge is 0.0221 e. The van der Waals surface area contributed by atoms with E-state index in [4.69, 9.17) is 0 Å². The van der Waals surface area contributed by atoms with Crippen molar-refractivity contribution in [1.82, 2.24) is 10.6 Å². The van der Waals surface area contributed by atoms with Gasteiger partial charge in [-0.2, -0.15) is 0 Å². The monoisotopic (exact) mass is 250 g/mol. The van der Waals surface area contributed by atoms with Crippen LogP contribution in [0.3, 0.4) is 0 Å². The molecule has 1 saturated heterocycles. The van der Waals surface area contributed by atoms with Gasteiger partial charge in [0.1, 0.15) is 0 Å². The molecule has 2 atom stereocenters. The molecule has 3 aliphatic rings. The molecule has 0 amide bonds. The van der Waals surface area contributed by atoms with Crippen molar-refractivity contribution in [3.63, 3.8) is 0 Å². The van der Waals surface area contributed by atoms with Crippen molar-refractivity contribution >= 4 is 0 Å². The predicted molar refractivity (Wildman–Crippen MR) is 76.7 cm³/mol. The molecule has 0 radical (unpaired) electrons. The zero-order valence-electron chi connectivity index (χ0n) is 11.8. The fourth-order valence-corrected chi connectivity index (χ4v) is 4.44. The number of piperazine rings is 1. The Balaban J connectivity index is 1.45. The van der Waals surface area contributed by atoms with Crippen molar-refractivity contribution in [2.75, 3.05) is 13.1 Å². The third-order valence-electron chi connectivity index (χ3n) is 5.64. The molecule has 3 rings (SSSR count). The topological polar surface area (TPSA) is 24.1 Å². The molecule has 1 heterocycles. The molecule has 0 aromatic carbocycles. The van der Waals surface area contributed by atoms with E-state index < -0.39 is 0 Å². The lowest BCUT2D eigenvalue weighted by Crippen LogP contribution is -2.59. The summed E-state index contributed by atoms with van der Waals surface area (Å²) in [4.78, 5) is 0. The van der Waals surface area contributed by atoms with E-state index in [9.17, 15) is 0 Å². The maximum atomic E-state index is 3.87. The van der Waals surface area contributed by atoms with Gasteiger partial charge in [0.15, 0.2) is 0 Å². The average Bonchev–Trinajstić information content (AvgIpc) is 2.49. The van der Waals surface area contributed by atoms with E-state index in [1.807, 2.05) is 0 Å². The largest absolute Gasteiger partial charge is 0.311 e. The quantitative estimate of drug-likeness (QED) is 0.787. The Morgan fingerprint density at radius 3 is 1.22 bits per heavy atom. The van der Waals surface area contributed by atoms with Crippen LogP contribution < -0.4 is 10.6 Å². The SMILES string of the molecule is C1CCC(C2CNC(C3CCCCC3)CN2)CC1. The minimum atomic E-state index is 0.769. The molecular weight excluding hydrogens is 220 g/mol. The van der Waals surface area contributed by atoms with Crippen molar-refractivity contribution in [1.29, 1.82) is 0 Å². The van der Waals surface area contributed by atoms with Gasteiger partial charge in [0.2, 0.25) is 0 Å². The van der Waals surface area contributed by atoms with Gasteiger partial charge in [0, 0.05) is 25.2 Å². The minimum Gasteiger partial charge on any atom is -0.311 e. The lowest BCUT2D eigenvalue weighted by molar-refractivity contribution is 0.180. The highest BCUT2D eigenvalue weighted by Crippen LogP contribution is 2.30. The second kappa shape index (κ2) is 6.38. The first kappa shape index (κ1) is 12.9. The standard InChI is InChI=1S/C16H30N2/c1-3-7-13(8-4-1)15-11-18-16(12-17-15)14-9-5-2-6-10-14/h13-18H,1-12H2. The number of rotatable bonds is 2. The van der Waals surface area contributed by atoms with Crippen molar-refractivity contribution in [2.24, 2.45) is 11.8 Å². The highest BCUT2D eigenvalue weighted by molar-refractivity contribution is 4.91. The Labute approximate surface area is 112 Å². The average molecular weight is 250 g/mol. The molecule has 0 spiro atoms. The highest BCUT2D eigenvalue weighted by atomic mass is 15.1. The number of nitrogens with one attached hydrogen (secondary N) is 2. The third-order valence-corrected chi connectivity index (χ3v) is 5.64. The van der Waals surface area contributed by atoms with Crippen LogP contribution in [-0.4, -0.2) is 25.2 Å². The summed E-state index contributed by atoms with van der Waals surface area (Å²) in [5.74, 6) is 1.91. The van der Waals surface area contributed by atoms with Gasteiger partial charge in [-0.15, -0.1) is 0 Å². The van der Waals surface area contributed by atoms with E-state index in [0.717, 1.165) is 23.9 Å². The van der Waals surface area contributed by atoms with Crippen LogP contribution in [0.5, 0.6) is 0 Å². The van der Waals surface area contributed by atoms with Gasteiger partial charge in [-0.3, -0.25) is 0 Å². The van der Waals surface area contributed by atoms with E-state index in [-0.39, 0.29) is 0 Å². The number of hydrogen-bond donors (Lipinski definition) is 2. The molecule has 0 aromatic heterocycles. The summed E-state index contributed by atoms with van der Waals surface area (Å²) in [5.41, 5.74) is 0. The van der Waals surface area contributed by atoms with Crippen LogP contribution in [-0.2, 0) is 0 Å². The maximum absolute atomic E-state index is 3.87. The Morgan fingerprint density at radius 1 is 0.500 bits per heavy atom. The lowest BCUT2D eigenvalue weighted by atomic mass is 9.80. The summed E-state index contributed by atoms with van der Waals surface area (Å²) < 4.78 is 0. The molecule has 0 bridgehead atoms. The van der Waals surface area contributed by atoms with E-state index in [1.54, 1.807) is 0 Å². The van der Waals surface area contributed by atoms with Crippen LogP contribution in [0.25, 0.3) is 0 Å². The second-order valence-electron chi connectivity index (χ2n) is 6.83. The minimum absolute atomic E-state index is 0.769. The first-order valence-corrected chi connectivity index (χ1v) is 8.40. The van der Waals surface area contributed by atoms with E-state index in [2.05, 4.69) is 10.6 Å². The van der Waals surface area contributed by atoms with Crippen LogP contribution in [0.4, 0.5) is 0 Å². The van der Waals surface area contributed by atoms with Crippen molar-refractivity contribution in [3.8, 4) is 0 Å². The molecule has 2 unspecified atom stereocenters. The van der Waals surface area contributed by atoms with Crippen molar-refractivity contribution in [3.05, 3.63) is 0 Å². The van der Waals surface area contributed by atoms with Crippen LogP contribution in [0, 0.1) is 11.8 Å². The molecule has 3 fully saturated rings. The zero-order chi connectivity index (χ0) is 12.2. The molecular formula is C16H30N2. The van der Waals surface area contributed by atoms with Crippen LogP contribution in [0.2, 0.25) is 0 Å². The Bertz CT molecular complexity index is 207. The lowest BCUT2D eigenvalue weighted by Gasteiger charge is -2.41. The van der Waals surface area contributed by atoms with Crippen LogP contribution >= 0.6 is 0 Å². The molecule has 2 N–H and O–H groups in total. The van der Waals surface area contributed by atoms with Crippen LogP contribution in [0.15, 0.2) is 0 Å². The first-order chi connectivity index (χ1) is 8.93. The fourth-order valence-electron chi connectivity index (χ4n) is 4.44. The molecule has 2 saturated carbocycles. The molecule has 2 heteroatoms. The summed E-state index contributed by atoms with van der Waals surface area (Å²) in [5, 5.41) is 7.75. The molecule has 2 aliphatic carbocycles. The van der Waals surface area contributed by atoms with Gasteiger partial charge < -0.3 is 10.6 Å². The van der Waals surface area contributed by atoms with E-state index in [1.165, 1.54) is 77.3 Å². The molecule has 0 aromatic rings. The van der Waals surface area contributed by atoms with Gasteiger partial charge in [0.05, 0.1) is 0 Å². The maximum Gasteiger partial charge on any atom is 0.0221 e. The normalized spacial score (nSPS) is 36.7. The highest BCUT2D eigenvalue weighted by Gasteiger charge is 2.31. The summed E-state index contributed by atoms with van der Waals surface area (Å²) in [6, 6.07) is 1.54. The van der Waals surface area contributed by atoms with Gasteiger partial charge >= 0.3 is 0 Å². The van der Waals surface area contributed by atoms with Crippen molar-refractivity contribution < 1.29 is 0 Å².